The molecule has 29 heavy (non-hydrogen) atoms. The Morgan fingerprint density at radius 3 is 2.31 bits per heavy atom. The summed E-state index contributed by atoms with van der Waals surface area (Å²) >= 11 is 0. The van der Waals surface area contributed by atoms with E-state index in [1.54, 1.807) is 6.92 Å². The summed E-state index contributed by atoms with van der Waals surface area (Å²) < 4.78 is 59.1. The molecule has 0 heterocycles. The zero-order valence-electron chi connectivity index (χ0n) is 16.6. The summed E-state index contributed by atoms with van der Waals surface area (Å²) in [6.45, 7) is 4.88. The quantitative estimate of drug-likeness (QED) is 0.510. The summed E-state index contributed by atoms with van der Waals surface area (Å²) in [6, 6.07) is 6.81. The van der Waals surface area contributed by atoms with Gasteiger partial charge in [0.15, 0.2) is 23.1 Å². The standard InChI is InChI=1S/C23H25F3O3/c1-3-27-17-8-5-15(6-9-17)14-29-20-11-7-16(13-19(20)24)18-10-12-21(28-4-2)23(26)22(18)25/h5,7-8,10-13,15,17H,3-4,6,9,14H2,1-2H3. The van der Waals surface area contributed by atoms with Gasteiger partial charge in [0, 0.05) is 18.1 Å². The largest absolute Gasteiger partial charge is 0.491 e. The number of ether oxygens (including phenoxy) is 3. The Hall–Kier alpha value is -2.47. The summed E-state index contributed by atoms with van der Waals surface area (Å²) in [5.41, 5.74) is 0.194. The molecular formula is C23H25F3O3. The zero-order chi connectivity index (χ0) is 20.8. The highest BCUT2D eigenvalue weighted by atomic mass is 19.2. The van der Waals surface area contributed by atoms with Crippen LogP contribution in [0.5, 0.6) is 11.5 Å². The normalized spacial score (nSPS) is 18.7. The first kappa shape index (κ1) is 21.2. The number of halogens is 3. The van der Waals surface area contributed by atoms with Crippen molar-refractivity contribution >= 4 is 0 Å². The Labute approximate surface area is 169 Å². The molecule has 0 amide bonds. The van der Waals surface area contributed by atoms with Crippen molar-refractivity contribution in [2.75, 3.05) is 19.8 Å². The van der Waals surface area contributed by atoms with E-state index in [0.29, 0.717) is 13.2 Å². The molecule has 2 atom stereocenters. The summed E-state index contributed by atoms with van der Waals surface area (Å²) in [6.07, 6.45) is 5.99. The van der Waals surface area contributed by atoms with Crippen LogP contribution in [0.25, 0.3) is 11.1 Å². The van der Waals surface area contributed by atoms with Crippen molar-refractivity contribution in [2.24, 2.45) is 5.92 Å². The molecule has 0 aromatic heterocycles. The highest BCUT2D eigenvalue weighted by molar-refractivity contribution is 5.66. The number of hydrogen-bond acceptors (Lipinski definition) is 3. The van der Waals surface area contributed by atoms with Gasteiger partial charge in [-0.1, -0.05) is 18.2 Å². The van der Waals surface area contributed by atoms with E-state index in [0.717, 1.165) is 18.9 Å². The second kappa shape index (κ2) is 9.83. The fraction of sp³-hybridized carbons (Fsp3) is 0.391. The lowest BCUT2D eigenvalue weighted by atomic mass is 9.95. The van der Waals surface area contributed by atoms with Gasteiger partial charge in [-0.25, -0.2) is 8.78 Å². The third kappa shape index (κ3) is 5.12. The number of hydrogen-bond donors (Lipinski definition) is 0. The van der Waals surface area contributed by atoms with Crippen molar-refractivity contribution in [3.63, 3.8) is 0 Å². The van der Waals surface area contributed by atoms with Crippen LogP contribution in [0.15, 0.2) is 42.5 Å². The van der Waals surface area contributed by atoms with Crippen molar-refractivity contribution in [1.82, 2.24) is 0 Å². The average Bonchev–Trinajstić information content (AvgIpc) is 2.72. The molecule has 0 radical (unpaired) electrons. The SMILES string of the molecule is CCOc1ccc(-c2ccc(OCC3C=CC(OCC)CC3)c(F)c2)c(F)c1F. The summed E-state index contributed by atoms with van der Waals surface area (Å²) in [5.74, 6) is -2.67. The molecule has 0 saturated carbocycles. The van der Waals surface area contributed by atoms with Crippen LogP contribution in [0.2, 0.25) is 0 Å². The minimum atomic E-state index is -1.08. The lowest BCUT2D eigenvalue weighted by molar-refractivity contribution is 0.0785. The van der Waals surface area contributed by atoms with Crippen molar-refractivity contribution in [1.29, 1.82) is 0 Å². The van der Waals surface area contributed by atoms with Gasteiger partial charge in [0.05, 0.1) is 19.3 Å². The van der Waals surface area contributed by atoms with Crippen LogP contribution in [-0.2, 0) is 4.74 Å². The van der Waals surface area contributed by atoms with E-state index in [2.05, 4.69) is 0 Å². The van der Waals surface area contributed by atoms with E-state index >= 15 is 0 Å². The van der Waals surface area contributed by atoms with Crippen LogP contribution in [0.1, 0.15) is 26.7 Å². The molecule has 0 fully saturated rings. The van der Waals surface area contributed by atoms with Crippen LogP contribution >= 0.6 is 0 Å². The van der Waals surface area contributed by atoms with Crippen LogP contribution in [0.3, 0.4) is 0 Å². The molecule has 2 unspecified atom stereocenters. The minimum absolute atomic E-state index is 0.0337. The van der Waals surface area contributed by atoms with E-state index in [1.807, 2.05) is 19.1 Å². The van der Waals surface area contributed by atoms with Gasteiger partial charge in [-0.05, 0) is 56.5 Å². The molecule has 2 aromatic rings. The molecule has 1 aliphatic carbocycles. The Bertz CT molecular complexity index is 867. The van der Waals surface area contributed by atoms with Gasteiger partial charge in [-0.3, -0.25) is 0 Å². The molecule has 3 rings (SSSR count). The number of rotatable bonds is 8. The lowest BCUT2D eigenvalue weighted by Crippen LogP contribution is -2.20. The topological polar surface area (TPSA) is 27.7 Å². The predicted molar refractivity (Wildman–Crippen MR) is 106 cm³/mol. The van der Waals surface area contributed by atoms with Crippen LogP contribution in [-0.4, -0.2) is 25.9 Å². The Morgan fingerprint density at radius 1 is 0.862 bits per heavy atom. The predicted octanol–water partition coefficient (Wildman–Crippen LogP) is 5.92. The van der Waals surface area contributed by atoms with Crippen molar-refractivity contribution < 1.29 is 27.4 Å². The second-order valence-electron chi connectivity index (χ2n) is 6.84. The molecule has 156 valence electrons. The average molecular weight is 406 g/mol. The highest BCUT2D eigenvalue weighted by Gasteiger charge is 2.19. The summed E-state index contributed by atoms with van der Waals surface area (Å²) in [7, 11) is 0. The maximum absolute atomic E-state index is 14.5. The van der Waals surface area contributed by atoms with Gasteiger partial charge in [0.2, 0.25) is 5.82 Å². The first-order chi connectivity index (χ1) is 14.0. The smallest absolute Gasteiger partial charge is 0.201 e. The Kier molecular flexibility index (Phi) is 7.20. The van der Waals surface area contributed by atoms with Gasteiger partial charge in [-0.15, -0.1) is 0 Å². The molecule has 2 aromatic carbocycles. The number of benzene rings is 2. The van der Waals surface area contributed by atoms with Gasteiger partial charge in [-0.2, -0.15) is 4.39 Å². The van der Waals surface area contributed by atoms with Crippen LogP contribution in [0, 0.1) is 23.4 Å². The van der Waals surface area contributed by atoms with E-state index in [9.17, 15) is 13.2 Å². The van der Waals surface area contributed by atoms with E-state index in [4.69, 9.17) is 14.2 Å². The Balaban J connectivity index is 1.68. The molecule has 6 heteroatoms. The van der Waals surface area contributed by atoms with Crippen molar-refractivity contribution in [3.05, 3.63) is 59.9 Å². The van der Waals surface area contributed by atoms with E-state index in [1.165, 1.54) is 24.3 Å². The monoisotopic (exact) mass is 406 g/mol. The van der Waals surface area contributed by atoms with Crippen molar-refractivity contribution in [2.45, 2.75) is 32.8 Å². The fourth-order valence-electron chi connectivity index (χ4n) is 3.35. The fourth-order valence-corrected chi connectivity index (χ4v) is 3.35. The Morgan fingerprint density at radius 2 is 1.66 bits per heavy atom. The summed E-state index contributed by atoms with van der Waals surface area (Å²) in [4.78, 5) is 0. The molecule has 0 N–H and O–H groups in total. The van der Waals surface area contributed by atoms with Crippen LogP contribution in [0.4, 0.5) is 13.2 Å². The maximum atomic E-state index is 14.5. The first-order valence-corrected chi connectivity index (χ1v) is 9.86. The molecule has 3 nitrogen and oxygen atoms in total. The van der Waals surface area contributed by atoms with Crippen LogP contribution < -0.4 is 9.47 Å². The minimum Gasteiger partial charge on any atom is -0.491 e. The van der Waals surface area contributed by atoms with Gasteiger partial charge < -0.3 is 14.2 Å². The van der Waals surface area contributed by atoms with Gasteiger partial charge in [0.1, 0.15) is 0 Å². The summed E-state index contributed by atoms with van der Waals surface area (Å²) in [5, 5.41) is 0. The molecular weight excluding hydrogens is 381 g/mol. The second-order valence-corrected chi connectivity index (χ2v) is 6.84. The maximum Gasteiger partial charge on any atom is 0.201 e. The lowest BCUT2D eigenvalue weighted by Gasteiger charge is -2.23. The molecule has 0 aliphatic heterocycles. The third-order valence-corrected chi connectivity index (χ3v) is 4.84. The van der Waals surface area contributed by atoms with Gasteiger partial charge in [0.25, 0.3) is 0 Å². The molecule has 0 spiro atoms. The molecule has 0 saturated heterocycles. The first-order valence-electron chi connectivity index (χ1n) is 9.86. The zero-order valence-corrected chi connectivity index (χ0v) is 16.6. The van der Waals surface area contributed by atoms with E-state index < -0.39 is 17.5 Å². The van der Waals surface area contributed by atoms with E-state index in [-0.39, 0.29) is 41.3 Å². The highest BCUT2D eigenvalue weighted by Crippen LogP contribution is 2.32. The molecule has 0 bridgehead atoms. The van der Waals surface area contributed by atoms with Crippen molar-refractivity contribution in [3.8, 4) is 22.6 Å². The third-order valence-electron chi connectivity index (χ3n) is 4.84. The molecule has 1 aliphatic rings. The van der Waals surface area contributed by atoms with Gasteiger partial charge >= 0.3 is 0 Å².